The lowest BCUT2D eigenvalue weighted by Crippen LogP contribution is -2.06. The highest BCUT2D eigenvalue weighted by Crippen LogP contribution is 2.23. The number of H-pyrrole nitrogens is 1. The Balaban J connectivity index is 0.000000219. The number of hydrogen-bond acceptors (Lipinski definition) is 3. The quantitative estimate of drug-likeness (QED) is 0.546. The first-order valence-electron chi connectivity index (χ1n) is 7.38. The predicted octanol–water partition coefficient (Wildman–Crippen LogP) is 4.20. The molecule has 0 fully saturated rings. The number of aryl methyl sites for hydroxylation is 1. The lowest BCUT2D eigenvalue weighted by atomic mass is 10.1. The molecule has 24 heavy (non-hydrogen) atoms. The molecule has 0 spiro atoms. The van der Waals surface area contributed by atoms with Gasteiger partial charge in [0.15, 0.2) is 0 Å². The third kappa shape index (κ3) is 4.10. The second-order valence-electron chi connectivity index (χ2n) is 5.09. The van der Waals surface area contributed by atoms with E-state index >= 15 is 0 Å². The van der Waals surface area contributed by atoms with Crippen LogP contribution in [0.3, 0.4) is 0 Å². The van der Waals surface area contributed by atoms with Gasteiger partial charge in [0, 0.05) is 16.6 Å². The molecule has 0 saturated heterocycles. The van der Waals surface area contributed by atoms with Crippen LogP contribution in [0.4, 0.5) is 14.5 Å². The number of rotatable bonds is 2. The lowest BCUT2D eigenvalue weighted by molar-refractivity contribution is 0.0519. The fourth-order valence-corrected chi connectivity index (χ4v) is 2.17. The standard InChI is InChI=1S/C12H12FNO2.C6H6FN/c1-3-16-12(15)11-7(2)9-6-8(13)4-5-10(9)14-11;7-5-1-3-6(8)4-2-5/h4-6,14H,3H2,1-2H3;1-4H,8H2. The Morgan fingerprint density at radius 3 is 2.33 bits per heavy atom. The summed E-state index contributed by atoms with van der Waals surface area (Å²) in [6, 6.07) is 10.1. The average Bonchev–Trinajstić information content (AvgIpc) is 2.88. The summed E-state index contributed by atoms with van der Waals surface area (Å²) < 4.78 is 30.0. The molecule has 0 aliphatic carbocycles. The molecular formula is C18H18F2N2O2. The minimum atomic E-state index is -0.406. The summed E-state index contributed by atoms with van der Waals surface area (Å²) in [5.41, 5.74) is 7.69. The van der Waals surface area contributed by atoms with E-state index in [0.717, 1.165) is 5.52 Å². The maximum atomic E-state index is 13.0. The summed E-state index contributed by atoms with van der Waals surface area (Å²) in [6.07, 6.45) is 0. The highest BCUT2D eigenvalue weighted by atomic mass is 19.1. The van der Waals surface area contributed by atoms with Gasteiger partial charge in [-0.2, -0.15) is 0 Å². The normalized spacial score (nSPS) is 10.2. The summed E-state index contributed by atoms with van der Waals surface area (Å²) in [7, 11) is 0. The molecule has 0 saturated carbocycles. The Labute approximate surface area is 138 Å². The van der Waals surface area contributed by atoms with Crippen LogP contribution in [0.2, 0.25) is 0 Å². The van der Waals surface area contributed by atoms with Crippen molar-refractivity contribution in [2.45, 2.75) is 13.8 Å². The van der Waals surface area contributed by atoms with E-state index in [-0.39, 0.29) is 11.6 Å². The number of carbonyl (C=O) groups excluding carboxylic acids is 1. The maximum Gasteiger partial charge on any atom is 0.355 e. The van der Waals surface area contributed by atoms with Gasteiger partial charge in [-0.15, -0.1) is 0 Å². The van der Waals surface area contributed by atoms with E-state index in [4.69, 9.17) is 10.5 Å². The number of halogens is 2. The van der Waals surface area contributed by atoms with Crippen molar-refractivity contribution < 1.29 is 18.3 Å². The number of aromatic nitrogens is 1. The number of nitrogens with two attached hydrogens (primary N) is 1. The molecule has 0 aliphatic rings. The van der Waals surface area contributed by atoms with Gasteiger partial charge in [0.25, 0.3) is 0 Å². The van der Waals surface area contributed by atoms with E-state index in [1.54, 1.807) is 19.9 Å². The van der Waals surface area contributed by atoms with Crippen LogP contribution >= 0.6 is 0 Å². The van der Waals surface area contributed by atoms with Crippen molar-refractivity contribution >= 4 is 22.6 Å². The summed E-state index contributed by atoms with van der Waals surface area (Å²) in [6.45, 7) is 3.84. The monoisotopic (exact) mass is 332 g/mol. The molecule has 0 bridgehead atoms. The summed E-state index contributed by atoms with van der Waals surface area (Å²) >= 11 is 0. The number of esters is 1. The Hall–Kier alpha value is -2.89. The van der Waals surface area contributed by atoms with Crippen LogP contribution in [0.15, 0.2) is 42.5 Å². The van der Waals surface area contributed by atoms with Gasteiger partial charge in [0.2, 0.25) is 0 Å². The molecular weight excluding hydrogens is 314 g/mol. The van der Waals surface area contributed by atoms with Gasteiger partial charge >= 0.3 is 5.97 Å². The first-order valence-corrected chi connectivity index (χ1v) is 7.38. The first-order chi connectivity index (χ1) is 11.4. The smallest absolute Gasteiger partial charge is 0.355 e. The zero-order valence-corrected chi connectivity index (χ0v) is 13.4. The second kappa shape index (κ2) is 7.59. The average molecular weight is 332 g/mol. The SMILES string of the molecule is CCOC(=O)c1[nH]c2ccc(F)cc2c1C.Nc1ccc(F)cc1. The van der Waals surface area contributed by atoms with E-state index < -0.39 is 5.97 Å². The largest absolute Gasteiger partial charge is 0.461 e. The summed E-state index contributed by atoms with van der Waals surface area (Å²) in [4.78, 5) is 14.5. The summed E-state index contributed by atoms with van der Waals surface area (Å²) in [5, 5.41) is 0.711. The van der Waals surface area contributed by atoms with Gasteiger partial charge in [-0.05, 0) is 61.9 Å². The van der Waals surface area contributed by atoms with Gasteiger partial charge in [-0.25, -0.2) is 13.6 Å². The van der Waals surface area contributed by atoms with Crippen LogP contribution in [-0.2, 0) is 4.74 Å². The first kappa shape index (κ1) is 17.5. The van der Waals surface area contributed by atoms with Crippen LogP contribution in [0, 0.1) is 18.6 Å². The molecule has 0 aliphatic heterocycles. The van der Waals surface area contributed by atoms with Gasteiger partial charge in [-0.3, -0.25) is 0 Å². The fraction of sp³-hybridized carbons (Fsp3) is 0.167. The fourth-order valence-electron chi connectivity index (χ4n) is 2.17. The molecule has 4 nitrogen and oxygen atoms in total. The van der Waals surface area contributed by atoms with Crippen molar-refractivity contribution in [3.63, 3.8) is 0 Å². The van der Waals surface area contributed by atoms with Crippen LogP contribution in [-0.4, -0.2) is 17.6 Å². The number of ether oxygens (including phenoxy) is 1. The summed E-state index contributed by atoms with van der Waals surface area (Å²) in [5.74, 6) is -0.971. The molecule has 0 amide bonds. The molecule has 2 aromatic carbocycles. The number of fused-ring (bicyclic) bond motifs is 1. The molecule has 1 aromatic heterocycles. The molecule has 1 heterocycles. The van der Waals surface area contributed by atoms with Crippen molar-refractivity contribution in [1.82, 2.24) is 4.98 Å². The number of nitrogens with one attached hydrogen (secondary N) is 1. The van der Waals surface area contributed by atoms with Crippen molar-refractivity contribution in [2.75, 3.05) is 12.3 Å². The molecule has 3 rings (SSSR count). The molecule has 3 aromatic rings. The van der Waals surface area contributed by atoms with Crippen molar-refractivity contribution in [2.24, 2.45) is 0 Å². The number of hydrogen-bond donors (Lipinski definition) is 2. The van der Waals surface area contributed by atoms with Crippen LogP contribution in [0.25, 0.3) is 10.9 Å². The number of benzene rings is 2. The molecule has 6 heteroatoms. The number of aromatic amines is 1. The Kier molecular flexibility index (Phi) is 5.52. The number of anilines is 1. The number of carbonyl (C=O) groups is 1. The van der Waals surface area contributed by atoms with Crippen molar-refractivity contribution in [1.29, 1.82) is 0 Å². The second-order valence-corrected chi connectivity index (χ2v) is 5.09. The highest BCUT2D eigenvalue weighted by molar-refractivity contribution is 5.98. The van der Waals surface area contributed by atoms with E-state index in [9.17, 15) is 13.6 Å². The van der Waals surface area contributed by atoms with E-state index in [0.29, 0.717) is 28.9 Å². The Morgan fingerprint density at radius 2 is 1.75 bits per heavy atom. The van der Waals surface area contributed by atoms with Crippen LogP contribution in [0.5, 0.6) is 0 Å². The zero-order valence-electron chi connectivity index (χ0n) is 13.4. The minimum Gasteiger partial charge on any atom is -0.461 e. The molecule has 3 N–H and O–H groups in total. The van der Waals surface area contributed by atoms with Crippen LogP contribution in [0.1, 0.15) is 23.0 Å². The van der Waals surface area contributed by atoms with Gasteiger partial charge in [0.1, 0.15) is 17.3 Å². The number of nitrogen functional groups attached to an aromatic ring is 1. The predicted molar refractivity (Wildman–Crippen MR) is 89.8 cm³/mol. The maximum absolute atomic E-state index is 13.0. The van der Waals surface area contributed by atoms with Crippen LogP contribution < -0.4 is 5.73 Å². The third-order valence-electron chi connectivity index (χ3n) is 3.37. The Morgan fingerprint density at radius 1 is 1.12 bits per heavy atom. The highest BCUT2D eigenvalue weighted by Gasteiger charge is 2.15. The lowest BCUT2D eigenvalue weighted by Gasteiger charge is -1.99. The molecule has 126 valence electrons. The van der Waals surface area contributed by atoms with E-state index in [2.05, 4.69) is 4.98 Å². The van der Waals surface area contributed by atoms with E-state index in [1.807, 2.05) is 0 Å². The van der Waals surface area contributed by atoms with Crippen molar-refractivity contribution in [3.05, 3.63) is 65.4 Å². The van der Waals surface area contributed by atoms with Crippen molar-refractivity contribution in [3.8, 4) is 0 Å². The Bertz CT molecular complexity index is 821. The van der Waals surface area contributed by atoms with Gasteiger partial charge in [0.05, 0.1) is 6.61 Å². The zero-order chi connectivity index (χ0) is 17.7. The molecule has 0 atom stereocenters. The molecule has 0 unspecified atom stereocenters. The third-order valence-corrected chi connectivity index (χ3v) is 3.37. The molecule has 0 radical (unpaired) electrons. The van der Waals surface area contributed by atoms with Gasteiger partial charge < -0.3 is 15.5 Å². The minimum absolute atomic E-state index is 0.251. The van der Waals surface area contributed by atoms with Gasteiger partial charge in [-0.1, -0.05) is 0 Å². The topological polar surface area (TPSA) is 68.1 Å². The van der Waals surface area contributed by atoms with E-state index in [1.165, 1.54) is 36.4 Å².